The Hall–Kier alpha value is -1.79. The Bertz CT molecular complexity index is 376. The highest BCUT2D eigenvalue weighted by molar-refractivity contribution is 5.93. The van der Waals surface area contributed by atoms with Gasteiger partial charge in [-0.2, -0.15) is 0 Å². The van der Waals surface area contributed by atoms with Crippen molar-refractivity contribution in [1.82, 2.24) is 4.90 Å². The highest BCUT2D eigenvalue weighted by atomic mass is 16.2. The van der Waals surface area contributed by atoms with Gasteiger partial charge in [0.1, 0.15) is 0 Å². The molecule has 1 aromatic carbocycles. The molecule has 1 rings (SSSR count). The molecule has 3 heteroatoms. The molecule has 0 aliphatic carbocycles. The molecule has 3 nitrogen and oxygen atoms in total. The van der Waals surface area contributed by atoms with Crippen molar-refractivity contribution in [2.75, 3.05) is 20.1 Å². The van der Waals surface area contributed by atoms with Gasteiger partial charge in [-0.05, 0) is 12.1 Å². The van der Waals surface area contributed by atoms with Gasteiger partial charge in [0.05, 0.1) is 0 Å². The van der Waals surface area contributed by atoms with Crippen molar-refractivity contribution in [3.05, 3.63) is 35.9 Å². The predicted molar refractivity (Wildman–Crippen MR) is 60.0 cm³/mol. The molecule has 0 atom stereocenters. The number of carbonyl (C=O) groups excluding carboxylic acids is 1. The third-order valence-electron chi connectivity index (χ3n) is 1.90. The Morgan fingerprint density at radius 3 is 2.67 bits per heavy atom. The molecule has 0 heterocycles. The van der Waals surface area contributed by atoms with Crippen LogP contribution in [-0.4, -0.2) is 30.9 Å². The molecule has 0 saturated carbocycles. The first-order chi connectivity index (χ1) is 7.24. The SMILES string of the molecule is CN(CCN)C(=O)C#Cc1ccccc1. The number of carbonyl (C=O) groups is 1. The smallest absolute Gasteiger partial charge is 0.298 e. The van der Waals surface area contributed by atoms with Gasteiger partial charge in [0.2, 0.25) is 0 Å². The zero-order chi connectivity index (χ0) is 11.1. The van der Waals surface area contributed by atoms with Gasteiger partial charge in [-0.25, -0.2) is 0 Å². The van der Waals surface area contributed by atoms with Gasteiger partial charge < -0.3 is 10.6 Å². The maximum Gasteiger partial charge on any atom is 0.298 e. The monoisotopic (exact) mass is 202 g/mol. The normalized spacial score (nSPS) is 8.93. The van der Waals surface area contributed by atoms with Crippen LogP contribution >= 0.6 is 0 Å². The van der Waals surface area contributed by atoms with Crippen LogP contribution in [0.3, 0.4) is 0 Å². The van der Waals surface area contributed by atoms with E-state index >= 15 is 0 Å². The van der Waals surface area contributed by atoms with Gasteiger partial charge in [-0.1, -0.05) is 24.1 Å². The van der Waals surface area contributed by atoms with E-state index in [1.54, 1.807) is 7.05 Å². The van der Waals surface area contributed by atoms with Gasteiger partial charge in [-0.3, -0.25) is 4.79 Å². The van der Waals surface area contributed by atoms with E-state index in [2.05, 4.69) is 11.8 Å². The molecular weight excluding hydrogens is 188 g/mol. The zero-order valence-corrected chi connectivity index (χ0v) is 8.73. The molecule has 0 unspecified atom stereocenters. The molecule has 0 bridgehead atoms. The molecule has 0 radical (unpaired) electrons. The Balaban J connectivity index is 2.62. The molecule has 1 amide bonds. The minimum atomic E-state index is -0.204. The maximum atomic E-state index is 11.4. The number of nitrogens with two attached hydrogens (primary N) is 1. The van der Waals surface area contributed by atoms with Gasteiger partial charge in [-0.15, -0.1) is 0 Å². The summed E-state index contributed by atoms with van der Waals surface area (Å²) in [5, 5.41) is 0. The quantitative estimate of drug-likeness (QED) is 0.708. The Labute approximate surface area is 89.9 Å². The van der Waals surface area contributed by atoms with Gasteiger partial charge in [0.25, 0.3) is 5.91 Å². The Morgan fingerprint density at radius 2 is 2.07 bits per heavy atom. The van der Waals surface area contributed by atoms with Crippen LogP contribution in [-0.2, 0) is 4.79 Å². The summed E-state index contributed by atoms with van der Waals surface area (Å²) in [4.78, 5) is 12.9. The standard InChI is InChI=1S/C12H14N2O/c1-14(10-9-13)12(15)8-7-11-5-3-2-4-6-11/h2-6H,9-10,13H2,1H3. The minimum Gasteiger partial charge on any atom is -0.334 e. The van der Waals surface area contributed by atoms with Gasteiger partial charge >= 0.3 is 0 Å². The molecule has 78 valence electrons. The fraction of sp³-hybridized carbons (Fsp3) is 0.250. The molecule has 15 heavy (non-hydrogen) atoms. The second-order valence-electron chi connectivity index (χ2n) is 3.13. The van der Waals surface area contributed by atoms with Crippen LogP contribution in [0, 0.1) is 11.8 Å². The number of benzene rings is 1. The number of likely N-dealkylation sites (N-methyl/N-ethyl adjacent to an activating group) is 1. The lowest BCUT2D eigenvalue weighted by atomic mass is 10.2. The van der Waals surface area contributed by atoms with Crippen molar-refractivity contribution in [3.8, 4) is 11.8 Å². The number of hydrogen-bond acceptors (Lipinski definition) is 2. The summed E-state index contributed by atoms with van der Waals surface area (Å²) in [6, 6.07) is 9.41. The minimum absolute atomic E-state index is 0.204. The summed E-state index contributed by atoms with van der Waals surface area (Å²) < 4.78 is 0. The van der Waals surface area contributed by atoms with Crippen LogP contribution in [0.1, 0.15) is 5.56 Å². The average Bonchev–Trinajstić information content (AvgIpc) is 2.27. The fourth-order valence-corrected chi connectivity index (χ4v) is 1.04. The summed E-state index contributed by atoms with van der Waals surface area (Å²) in [5.74, 6) is 5.16. The first-order valence-electron chi connectivity index (χ1n) is 4.76. The lowest BCUT2D eigenvalue weighted by Crippen LogP contribution is -2.30. The zero-order valence-electron chi connectivity index (χ0n) is 8.73. The first kappa shape index (κ1) is 11.3. The molecule has 0 spiro atoms. The molecular formula is C12H14N2O. The van der Waals surface area contributed by atoms with Gasteiger partial charge in [0.15, 0.2) is 0 Å². The van der Waals surface area contributed by atoms with Crippen LogP contribution in [0.15, 0.2) is 30.3 Å². The lowest BCUT2D eigenvalue weighted by molar-refractivity contribution is -0.123. The van der Waals surface area contributed by atoms with Crippen molar-refractivity contribution >= 4 is 5.91 Å². The van der Waals surface area contributed by atoms with Crippen molar-refractivity contribution < 1.29 is 4.79 Å². The molecule has 2 N–H and O–H groups in total. The second kappa shape index (κ2) is 5.84. The second-order valence-corrected chi connectivity index (χ2v) is 3.13. The van der Waals surface area contributed by atoms with Crippen LogP contribution in [0.2, 0.25) is 0 Å². The van der Waals surface area contributed by atoms with E-state index < -0.39 is 0 Å². The lowest BCUT2D eigenvalue weighted by Gasteiger charge is -2.10. The van der Waals surface area contributed by atoms with E-state index in [4.69, 9.17) is 5.73 Å². The fourth-order valence-electron chi connectivity index (χ4n) is 1.04. The third-order valence-corrected chi connectivity index (χ3v) is 1.90. The van der Waals surface area contributed by atoms with Gasteiger partial charge in [0, 0.05) is 31.6 Å². The molecule has 0 aromatic heterocycles. The summed E-state index contributed by atoms with van der Waals surface area (Å²) in [5.41, 5.74) is 6.17. The summed E-state index contributed by atoms with van der Waals surface area (Å²) in [7, 11) is 1.69. The highest BCUT2D eigenvalue weighted by Gasteiger charge is 2.02. The molecule has 0 saturated heterocycles. The number of amides is 1. The summed E-state index contributed by atoms with van der Waals surface area (Å²) in [6.45, 7) is 0.984. The Morgan fingerprint density at radius 1 is 1.40 bits per heavy atom. The number of hydrogen-bond donors (Lipinski definition) is 1. The predicted octanol–water partition coefficient (Wildman–Crippen LogP) is 0.455. The van der Waals surface area contributed by atoms with E-state index in [-0.39, 0.29) is 5.91 Å². The molecule has 1 aromatic rings. The van der Waals surface area contributed by atoms with Crippen molar-refractivity contribution in [2.24, 2.45) is 5.73 Å². The third kappa shape index (κ3) is 3.84. The molecule has 0 aliphatic heterocycles. The van der Waals surface area contributed by atoms with E-state index in [1.165, 1.54) is 4.90 Å². The van der Waals surface area contributed by atoms with Crippen LogP contribution in [0.5, 0.6) is 0 Å². The van der Waals surface area contributed by atoms with Crippen molar-refractivity contribution in [2.45, 2.75) is 0 Å². The average molecular weight is 202 g/mol. The van der Waals surface area contributed by atoms with Crippen molar-refractivity contribution in [1.29, 1.82) is 0 Å². The van der Waals surface area contributed by atoms with Crippen LogP contribution in [0.25, 0.3) is 0 Å². The number of nitrogens with zero attached hydrogens (tertiary/aromatic N) is 1. The topological polar surface area (TPSA) is 46.3 Å². The highest BCUT2D eigenvalue weighted by Crippen LogP contribution is 1.94. The molecule has 0 aliphatic rings. The van der Waals surface area contributed by atoms with E-state index in [1.807, 2.05) is 30.3 Å². The summed E-state index contributed by atoms with van der Waals surface area (Å²) in [6.07, 6.45) is 0. The number of rotatable bonds is 2. The van der Waals surface area contributed by atoms with E-state index in [0.29, 0.717) is 13.1 Å². The van der Waals surface area contributed by atoms with E-state index in [0.717, 1.165) is 5.56 Å². The maximum absolute atomic E-state index is 11.4. The largest absolute Gasteiger partial charge is 0.334 e. The van der Waals surface area contributed by atoms with Crippen LogP contribution in [0.4, 0.5) is 0 Å². The first-order valence-corrected chi connectivity index (χ1v) is 4.76. The Kier molecular flexibility index (Phi) is 4.39. The van der Waals surface area contributed by atoms with E-state index in [9.17, 15) is 4.79 Å². The summed E-state index contributed by atoms with van der Waals surface area (Å²) >= 11 is 0. The van der Waals surface area contributed by atoms with Crippen molar-refractivity contribution in [3.63, 3.8) is 0 Å². The van der Waals surface area contributed by atoms with Crippen LogP contribution < -0.4 is 5.73 Å². The molecule has 0 fully saturated rings.